The molecule has 0 saturated heterocycles. The third kappa shape index (κ3) is 3.96. The summed E-state index contributed by atoms with van der Waals surface area (Å²) in [4.78, 5) is 5.16. The molecule has 0 aliphatic carbocycles. The molecule has 0 aliphatic rings. The van der Waals surface area contributed by atoms with Crippen molar-refractivity contribution in [2.75, 3.05) is 0 Å². The number of para-hydroxylation sites is 4. The molecule has 0 saturated carbocycles. The van der Waals surface area contributed by atoms with Crippen LogP contribution in [-0.2, 0) is 0 Å². The van der Waals surface area contributed by atoms with Crippen LogP contribution in [0.25, 0.3) is 108 Å². The summed E-state index contributed by atoms with van der Waals surface area (Å²) in [5.41, 5.74) is 7.85. The minimum atomic E-state index is 0.933. The highest BCUT2D eigenvalue weighted by Gasteiger charge is 2.24. The smallest absolute Gasteiger partial charge is 0.145 e. The van der Waals surface area contributed by atoms with E-state index in [1.54, 1.807) is 0 Å². The molecule has 12 rings (SSSR count). The van der Waals surface area contributed by atoms with Crippen LogP contribution in [0.3, 0.4) is 0 Å². The molecule has 0 N–H and O–H groups in total. The van der Waals surface area contributed by atoms with Gasteiger partial charge in [-0.25, -0.2) is 4.98 Å². The molecule has 9 aromatic carbocycles. The Morgan fingerprint density at radius 3 is 1.60 bits per heavy atom. The number of thiophene rings is 1. The molecule has 0 fully saturated rings. The molecule has 0 atom stereocenters. The first kappa shape index (κ1) is 28.9. The van der Waals surface area contributed by atoms with Crippen LogP contribution in [0.4, 0.5) is 0 Å². The predicted octanol–water partition coefficient (Wildman–Crippen LogP) is 13.6. The number of benzene rings is 9. The lowest BCUT2D eigenvalue weighted by Gasteiger charge is -2.12. The van der Waals surface area contributed by atoms with Crippen LogP contribution in [0.15, 0.2) is 176 Å². The maximum atomic E-state index is 5.16. The quantitative estimate of drug-likeness (QED) is 0.169. The molecule has 0 spiro atoms. The number of imidazole rings is 1. The van der Waals surface area contributed by atoms with Crippen molar-refractivity contribution in [2.24, 2.45) is 0 Å². The molecule has 53 heavy (non-hydrogen) atoms. The van der Waals surface area contributed by atoms with Crippen molar-refractivity contribution in [2.45, 2.75) is 0 Å². The van der Waals surface area contributed by atoms with E-state index in [0.29, 0.717) is 0 Å². The monoisotopic (exact) mass is 691 g/mol. The van der Waals surface area contributed by atoms with Crippen LogP contribution < -0.4 is 0 Å². The van der Waals surface area contributed by atoms with Gasteiger partial charge < -0.3 is 4.57 Å². The first-order valence-corrected chi connectivity index (χ1v) is 18.9. The fraction of sp³-hybridized carbons (Fsp3) is 0. The van der Waals surface area contributed by atoms with E-state index in [9.17, 15) is 0 Å². The fourth-order valence-corrected chi connectivity index (χ4v) is 10.3. The Labute approximate surface area is 308 Å². The van der Waals surface area contributed by atoms with Crippen LogP contribution >= 0.6 is 11.3 Å². The second-order valence-corrected chi connectivity index (χ2v) is 14.9. The second-order valence-electron chi connectivity index (χ2n) is 13.9. The molecule has 4 heteroatoms. The summed E-state index contributed by atoms with van der Waals surface area (Å²) in [6.45, 7) is 0. The Balaban J connectivity index is 1.20. The van der Waals surface area contributed by atoms with Gasteiger partial charge in [-0.3, -0.25) is 4.57 Å². The van der Waals surface area contributed by atoms with Crippen molar-refractivity contribution in [3.8, 4) is 22.8 Å². The van der Waals surface area contributed by atoms with E-state index in [-0.39, 0.29) is 0 Å². The molecule has 0 unspecified atom stereocenters. The van der Waals surface area contributed by atoms with Gasteiger partial charge in [0.1, 0.15) is 5.82 Å². The third-order valence-corrected chi connectivity index (χ3v) is 12.3. The van der Waals surface area contributed by atoms with E-state index in [1.807, 2.05) is 11.3 Å². The van der Waals surface area contributed by atoms with Gasteiger partial charge in [0.2, 0.25) is 0 Å². The summed E-state index contributed by atoms with van der Waals surface area (Å²) >= 11 is 1.94. The number of rotatable bonds is 3. The Morgan fingerprint density at radius 1 is 0.358 bits per heavy atom. The summed E-state index contributed by atoms with van der Waals surface area (Å²) in [6, 6.07) is 63.8. The van der Waals surface area contributed by atoms with Gasteiger partial charge in [0.25, 0.3) is 0 Å². The average Bonchev–Trinajstić information content (AvgIpc) is 3.93. The molecule has 3 nitrogen and oxygen atoms in total. The van der Waals surface area contributed by atoms with Crippen molar-refractivity contribution in [3.63, 3.8) is 0 Å². The molecule has 246 valence electrons. The van der Waals surface area contributed by atoms with E-state index in [2.05, 4.69) is 185 Å². The van der Waals surface area contributed by atoms with Gasteiger partial charge in [0.15, 0.2) is 0 Å². The van der Waals surface area contributed by atoms with E-state index < -0.39 is 0 Å². The number of aromatic nitrogens is 3. The van der Waals surface area contributed by atoms with E-state index in [0.717, 1.165) is 33.8 Å². The van der Waals surface area contributed by atoms with Crippen LogP contribution in [0.2, 0.25) is 0 Å². The topological polar surface area (TPSA) is 22.8 Å². The fourth-order valence-electron chi connectivity index (χ4n) is 8.89. The normalized spacial score (nSPS) is 12.2. The summed E-state index contributed by atoms with van der Waals surface area (Å²) in [6.07, 6.45) is 0. The van der Waals surface area contributed by atoms with Crippen molar-refractivity contribution < 1.29 is 0 Å². The highest BCUT2D eigenvalue weighted by atomic mass is 32.1. The maximum absolute atomic E-state index is 5.16. The van der Waals surface area contributed by atoms with Crippen LogP contribution in [0, 0.1) is 0 Å². The molecule has 0 amide bonds. The second kappa shape index (κ2) is 10.9. The number of hydrogen-bond donors (Lipinski definition) is 0. The Hall–Kier alpha value is -6.75. The Bertz CT molecular complexity index is 3440. The van der Waals surface area contributed by atoms with Crippen molar-refractivity contribution in [1.29, 1.82) is 0 Å². The minimum absolute atomic E-state index is 0.933. The summed E-state index contributed by atoms with van der Waals surface area (Å²) < 4.78 is 7.44. The molecule has 0 aliphatic heterocycles. The van der Waals surface area contributed by atoms with Crippen molar-refractivity contribution in [3.05, 3.63) is 176 Å². The summed E-state index contributed by atoms with van der Waals surface area (Å²) in [5.74, 6) is 0.933. The number of fused-ring (bicyclic) bond motifs is 16. The third-order valence-electron chi connectivity index (χ3n) is 11.1. The maximum Gasteiger partial charge on any atom is 0.145 e. The van der Waals surface area contributed by atoms with Gasteiger partial charge in [0, 0.05) is 48.6 Å². The molecular weight excluding hydrogens is 663 g/mol. The van der Waals surface area contributed by atoms with Crippen LogP contribution in [-0.4, -0.2) is 14.1 Å². The first-order valence-electron chi connectivity index (χ1n) is 18.1. The van der Waals surface area contributed by atoms with E-state index in [4.69, 9.17) is 4.98 Å². The predicted molar refractivity (Wildman–Crippen MR) is 226 cm³/mol. The molecule has 12 aromatic rings. The molecule has 0 radical (unpaired) electrons. The summed E-state index contributed by atoms with van der Waals surface area (Å²) in [7, 11) is 0. The van der Waals surface area contributed by atoms with Gasteiger partial charge in [-0.05, 0) is 81.5 Å². The van der Waals surface area contributed by atoms with Gasteiger partial charge in [-0.1, -0.05) is 121 Å². The lowest BCUT2D eigenvalue weighted by Crippen LogP contribution is -1.98. The van der Waals surface area contributed by atoms with Gasteiger partial charge in [-0.15, -0.1) is 11.3 Å². The highest BCUT2D eigenvalue weighted by molar-refractivity contribution is 7.28. The van der Waals surface area contributed by atoms with Crippen LogP contribution in [0.5, 0.6) is 0 Å². The zero-order chi connectivity index (χ0) is 34.6. The molecule has 3 aromatic heterocycles. The largest absolute Gasteiger partial charge is 0.308 e. The van der Waals surface area contributed by atoms with Crippen LogP contribution in [0.1, 0.15) is 0 Å². The van der Waals surface area contributed by atoms with Crippen molar-refractivity contribution >= 4 is 96.7 Å². The molecule has 3 heterocycles. The van der Waals surface area contributed by atoms with Gasteiger partial charge in [-0.2, -0.15) is 0 Å². The van der Waals surface area contributed by atoms with Gasteiger partial charge in [0.05, 0.1) is 26.8 Å². The van der Waals surface area contributed by atoms with E-state index in [1.165, 1.54) is 74.3 Å². The number of nitrogens with zero attached hydrogens (tertiary/aromatic N) is 3. The highest BCUT2D eigenvalue weighted by Crippen LogP contribution is 2.51. The standard InChI is InChI=1S/C49H29N3S/c1-2-14-31(15-3-1)52-42-25-13-11-23-40(42)50-49(52)30-26-28-32(29-27-30)51-41-24-12-10-22-39(41)43-36-19-7-8-20-37(36)45-44-35-18-6-4-16-33(35)34-17-5-9-21-38(34)47(44)53-48(45)46(43)51/h1-29H. The lowest BCUT2D eigenvalue weighted by molar-refractivity contribution is 1.10. The number of hydrogen-bond acceptors (Lipinski definition) is 2. The zero-order valence-corrected chi connectivity index (χ0v) is 29.3. The Kier molecular flexibility index (Phi) is 5.93. The zero-order valence-electron chi connectivity index (χ0n) is 28.5. The first-order chi connectivity index (χ1) is 26.3. The molecular formula is C49H29N3S. The Morgan fingerprint density at radius 2 is 0.868 bits per heavy atom. The average molecular weight is 692 g/mol. The minimum Gasteiger partial charge on any atom is -0.308 e. The van der Waals surface area contributed by atoms with E-state index >= 15 is 0 Å². The van der Waals surface area contributed by atoms with Gasteiger partial charge >= 0.3 is 0 Å². The SMILES string of the molecule is c1ccc(-n2c(-c3ccc(-n4c5ccccc5c5c6ccccc6c6c(sc7c8ccccc8c8ccccc8c76)c54)cc3)nc3ccccc32)cc1. The lowest BCUT2D eigenvalue weighted by atomic mass is 9.94. The summed E-state index contributed by atoms with van der Waals surface area (Å²) in [5, 5.41) is 13.1. The molecule has 0 bridgehead atoms. The van der Waals surface area contributed by atoms with Crippen molar-refractivity contribution in [1.82, 2.24) is 14.1 Å².